The molecule has 11 heteroatoms. The molecule has 0 saturated carbocycles. The number of aromatic nitrogens is 5. The molecule has 0 amide bonds. The lowest BCUT2D eigenvalue weighted by molar-refractivity contribution is 0.681. The van der Waals surface area contributed by atoms with Gasteiger partial charge in [0.1, 0.15) is 0 Å². The maximum Gasteiger partial charge on any atom is 0.193 e. The number of nitrogens with one attached hydrogen (secondary N) is 1. The van der Waals surface area contributed by atoms with E-state index in [1.165, 1.54) is 4.79 Å². The number of benzene rings is 1. The number of nitrogens with zero attached hydrogens (tertiary/aromatic N) is 6. The molecule has 0 radical (unpaired) electrons. The second kappa shape index (κ2) is 6.32. The van der Waals surface area contributed by atoms with Crippen LogP contribution >= 0.6 is 0 Å². The molecule has 0 spiro atoms. The smallest absolute Gasteiger partial charge is 0.193 e. The van der Waals surface area contributed by atoms with E-state index in [1.807, 2.05) is 28.8 Å². The molecule has 0 bridgehead atoms. The van der Waals surface area contributed by atoms with Crippen LogP contribution in [0.25, 0.3) is 16.9 Å². The largest absolute Gasteiger partial charge is 0.337 e. The molecule has 4 heterocycles. The lowest BCUT2D eigenvalue weighted by Crippen LogP contribution is -2.28. The van der Waals surface area contributed by atoms with Gasteiger partial charge in [-0.3, -0.25) is 8.71 Å². The van der Waals surface area contributed by atoms with Gasteiger partial charge in [-0.2, -0.15) is 9.89 Å². The zero-order valence-corrected chi connectivity index (χ0v) is 15.5. The Morgan fingerprint density at radius 1 is 1.21 bits per heavy atom. The van der Waals surface area contributed by atoms with Crippen molar-refractivity contribution in [2.24, 2.45) is 5.14 Å². The summed E-state index contributed by atoms with van der Waals surface area (Å²) >= 11 is -1.51. The minimum atomic E-state index is -1.51. The van der Waals surface area contributed by atoms with Crippen LogP contribution in [0, 0.1) is 0 Å². The molecule has 10 nitrogen and oxygen atoms in total. The van der Waals surface area contributed by atoms with E-state index in [2.05, 4.69) is 20.4 Å². The molecule has 0 aliphatic carbocycles. The van der Waals surface area contributed by atoms with Crippen molar-refractivity contribution >= 4 is 34.0 Å². The summed E-state index contributed by atoms with van der Waals surface area (Å²) in [6.45, 7) is 0.647. The predicted molar refractivity (Wildman–Crippen MR) is 107 cm³/mol. The number of nitrogens with two attached hydrogens (primary N) is 2. The highest BCUT2D eigenvalue weighted by molar-refractivity contribution is 7.84. The molecule has 5 rings (SSSR count). The Balaban J connectivity index is 1.50. The Morgan fingerprint density at radius 3 is 2.89 bits per heavy atom. The SMILES string of the molecule is Nn1cc(-c2cnc3c(Nc4ccc5c(c4)CCN5S(N)=O)nccn23)cn1. The first-order valence-corrected chi connectivity index (χ1v) is 9.73. The van der Waals surface area contributed by atoms with Gasteiger partial charge in [0, 0.05) is 30.2 Å². The van der Waals surface area contributed by atoms with Crippen LogP contribution in [0.2, 0.25) is 0 Å². The van der Waals surface area contributed by atoms with Gasteiger partial charge in [-0.25, -0.2) is 19.3 Å². The van der Waals surface area contributed by atoms with Crippen LogP contribution in [0.5, 0.6) is 0 Å². The van der Waals surface area contributed by atoms with E-state index >= 15 is 0 Å². The molecule has 0 fully saturated rings. The summed E-state index contributed by atoms with van der Waals surface area (Å²) in [4.78, 5) is 10.2. The number of hydrogen-bond acceptors (Lipinski definition) is 6. The Morgan fingerprint density at radius 2 is 2.11 bits per heavy atom. The first-order valence-electron chi connectivity index (χ1n) is 8.56. The van der Waals surface area contributed by atoms with Gasteiger partial charge >= 0.3 is 0 Å². The molecule has 1 atom stereocenters. The fraction of sp³-hybridized carbons (Fsp3) is 0.118. The van der Waals surface area contributed by atoms with E-state index in [-0.39, 0.29) is 0 Å². The monoisotopic (exact) mass is 395 g/mol. The highest BCUT2D eigenvalue weighted by Crippen LogP contribution is 2.32. The van der Waals surface area contributed by atoms with E-state index < -0.39 is 11.2 Å². The van der Waals surface area contributed by atoms with Crippen LogP contribution in [-0.2, 0) is 17.6 Å². The van der Waals surface area contributed by atoms with Crippen LogP contribution in [0.15, 0.2) is 49.2 Å². The maximum absolute atomic E-state index is 11.6. The fourth-order valence-electron chi connectivity index (χ4n) is 3.46. The molecule has 1 aliphatic heterocycles. The van der Waals surface area contributed by atoms with E-state index in [0.717, 1.165) is 34.6 Å². The summed E-state index contributed by atoms with van der Waals surface area (Å²) in [6.07, 6.45) is 9.52. The van der Waals surface area contributed by atoms with Gasteiger partial charge in [-0.1, -0.05) is 0 Å². The number of nitrogen functional groups attached to an aromatic ring is 1. The van der Waals surface area contributed by atoms with Gasteiger partial charge in [0.05, 0.1) is 30.0 Å². The Bertz CT molecular complexity index is 1210. The van der Waals surface area contributed by atoms with Crippen molar-refractivity contribution in [3.8, 4) is 11.3 Å². The molecule has 5 N–H and O–H groups in total. The fourth-order valence-corrected chi connectivity index (χ4v) is 4.11. The average Bonchev–Trinajstić information content (AvgIpc) is 3.39. The molecular formula is C17H17N9OS. The van der Waals surface area contributed by atoms with Crippen molar-refractivity contribution in [3.05, 3.63) is 54.7 Å². The van der Waals surface area contributed by atoms with Crippen molar-refractivity contribution < 1.29 is 4.21 Å². The van der Waals surface area contributed by atoms with Crippen molar-refractivity contribution in [3.63, 3.8) is 0 Å². The number of fused-ring (bicyclic) bond motifs is 2. The normalized spacial score (nSPS) is 14.4. The van der Waals surface area contributed by atoms with Gasteiger partial charge in [0.15, 0.2) is 22.6 Å². The number of rotatable bonds is 4. The molecule has 1 unspecified atom stereocenters. The van der Waals surface area contributed by atoms with Crippen LogP contribution in [0.1, 0.15) is 5.56 Å². The van der Waals surface area contributed by atoms with Gasteiger partial charge in [0.25, 0.3) is 0 Å². The summed E-state index contributed by atoms with van der Waals surface area (Å²) in [5.74, 6) is 6.29. The Hall–Kier alpha value is -3.44. The third-order valence-electron chi connectivity index (χ3n) is 4.74. The van der Waals surface area contributed by atoms with Gasteiger partial charge in [-0.15, -0.1) is 0 Å². The van der Waals surface area contributed by atoms with Crippen molar-refractivity contribution in [1.82, 2.24) is 24.3 Å². The molecule has 4 aromatic rings. The van der Waals surface area contributed by atoms with Crippen LogP contribution in [0.4, 0.5) is 17.2 Å². The third-order valence-corrected chi connectivity index (χ3v) is 5.55. The molecule has 3 aromatic heterocycles. The van der Waals surface area contributed by atoms with E-state index in [9.17, 15) is 4.21 Å². The second-order valence-electron chi connectivity index (χ2n) is 6.42. The summed E-state index contributed by atoms with van der Waals surface area (Å²) in [7, 11) is 0. The van der Waals surface area contributed by atoms with Crippen LogP contribution in [0.3, 0.4) is 0 Å². The quantitative estimate of drug-likeness (QED) is 0.441. The summed E-state index contributed by atoms with van der Waals surface area (Å²) in [5, 5.41) is 12.9. The van der Waals surface area contributed by atoms with Gasteiger partial charge in [0.2, 0.25) is 0 Å². The molecule has 1 aromatic carbocycles. The Labute approximate surface area is 162 Å². The molecule has 0 saturated heterocycles. The standard InChI is InChI=1S/C17H17N9OS/c18-26-10-12(8-22-26)15-9-21-17-16(20-4-6-24(15)17)23-13-1-2-14-11(7-13)3-5-25(14)28(19)27/h1-2,4,6-10H,3,5,18-19H2,(H,20,23). The second-order valence-corrected chi connectivity index (χ2v) is 7.41. The maximum atomic E-state index is 11.6. The zero-order chi connectivity index (χ0) is 19.3. The molecular weight excluding hydrogens is 378 g/mol. The molecule has 142 valence electrons. The van der Waals surface area contributed by atoms with Gasteiger partial charge in [-0.05, 0) is 30.2 Å². The number of imidazole rings is 1. The third kappa shape index (κ3) is 2.68. The minimum Gasteiger partial charge on any atom is -0.337 e. The highest BCUT2D eigenvalue weighted by Gasteiger charge is 2.22. The molecule has 28 heavy (non-hydrogen) atoms. The lowest BCUT2D eigenvalue weighted by Gasteiger charge is -2.15. The summed E-state index contributed by atoms with van der Waals surface area (Å²) in [6, 6.07) is 5.86. The lowest BCUT2D eigenvalue weighted by atomic mass is 10.1. The first-order chi connectivity index (χ1) is 13.6. The topological polar surface area (TPSA) is 132 Å². The van der Waals surface area contributed by atoms with E-state index in [1.54, 1.807) is 29.1 Å². The molecule has 1 aliphatic rings. The zero-order valence-electron chi connectivity index (χ0n) is 14.7. The van der Waals surface area contributed by atoms with Crippen LogP contribution in [-0.4, -0.2) is 35.0 Å². The van der Waals surface area contributed by atoms with E-state index in [4.69, 9.17) is 11.0 Å². The van der Waals surface area contributed by atoms with E-state index in [0.29, 0.717) is 18.0 Å². The predicted octanol–water partition coefficient (Wildman–Crippen LogP) is 0.950. The highest BCUT2D eigenvalue weighted by atomic mass is 32.2. The Kier molecular flexibility index (Phi) is 3.77. The average molecular weight is 395 g/mol. The summed E-state index contributed by atoms with van der Waals surface area (Å²) in [5.41, 5.74) is 5.29. The van der Waals surface area contributed by atoms with Crippen molar-refractivity contribution in [1.29, 1.82) is 0 Å². The number of anilines is 3. The van der Waals surface area contributed by atoms with Crippen molar-refractivity contribution in [2.45, 2.75) is 6.42 Å². The van der Waals surface area contributed by atoms with Crippen LogP contribution < -0.4 is 20.6 Å². The minimum absolute atomic E-state index is 0.631. The van der Waals surface area contributed by atoms with Crippen molar-refractivity contribution in [2.75, 3.05) is 22.0 Å². The first kappa shape index (κ1) is 16.7. The summed E-state index contributed by atoms with van der Waals surface area (Å²) < 4.78 is 15.2. The number of hydrogen-bond donors (Lipinski definition) is 3. The van der Waals surface area contributed by atoms with Gasteiger partial charge < -0.3 is 11.2 Å².